The fraction of sp³-hybridized carbons (Fsp3) is 1.00. The maximum atomic E-state index is 2.70. The van der Waals surface area contributed by atoms with Crippen LogP contribution < -0.4 is 0 Å². The van der Waals surface area contributed by atoms with Crippen molar-refractivity contribution in [3.63, 3.8) is 0 Å². The number of hydrogen-bond acceptors (Lipinski definition) is 0. The minimum Gasteiger partial charge on any atom is -0.0852 e. The predicted molar refractivity (Wildman–Crippen MR) is 158 cm³/mol. The Kier molecular flexibility index (Phi) is 18.3. The molecule has 0 aromatic rings. The normalized spacial score (nSPS) is 23.2. The van der Waals surface area contributed by atoms with Gasteiger partial charge in [0.05, 0.1) is 0 Å². The summed E-state index contributed by atoms with van der Waals surface area (Å²) in [4.78, 5) is 0. The summed E-state index contributed by atoms with van der Waals surface area (Å²) >= 11 is 21.2. The van der Waals surface area contributed by atoms with Crippen LogP contribution >= 0.6 is 181 Å². The van der Waals surface area contributed by atoms with Crippen molar-refractivity contribution in [2.45, 2.75) is 47.2 Å². The van der Waals surface area contributed by atoms with Crippen LogP contribution in [0, 0.1) is 0 Å². The smallest absolute Gasteiger partial charge is 0.0366 e. The monoisotopic (exact) mass is 1160 g/mol. The van der Waals surface area contributed by atoms with Crippen molar-refractivity contribution in [2.75, 3.05) is 4.43 Å². The van der Waals surface area contributed by atoms with Gasteiger partial charge in [0.15, 0.2) is 0 Å². The molecule has 0 aliphatic rings. The van der Waals surface area contributed by atoms with Crippen LogP contribution in [0.3, 0.4) is 0 Å². The highest BCUT2D eigenvalue weighted by atomic mass is 127. The third kappa shape index (κ3) is 9.37. The predicted octanol–water partition coefficient (Wildman–Crippen LogP) is 7.85. The first-order valence-electron chi connectivity index (χ1n) is 5.82. The number of alkyl halides is 8. The molecule has 0 fully saturated rings. The van der Waals surface area contributed by atoms with Gasteiger partial charge in [-0.15, -0.1) is 0 Å². The fourth-order valence-corrected chi connectivity index (χ4v) is 12.8. The van der Waals surface area contributed by atoms with E-state index in [1.54, 1.807) is 0 Å². The first-order chi connectivity index (χ1) is 8.77. The van der Waals surface area contributed by atoms with Crippen molar-refractivity contribution in [1.29, 1.82) is 0 Å². The molecule has 6 unspecified atom stereocenters. The molecular weight excluding hydrogens is 1150 g/mol. The van der Waals surface area contributed by atoms with Crippen LogP contribution in [0.5, 0.6) is 0 Å². The van der Waals surface area contributed by atoms with E-state index in [0.29, 0.717) is 0 Å². The van der Waals surface area contributed by atoms with Gasteiger partial charge in [0.1, 0.15) is 0 Å². The average molecular weight is 1160 g/mol. The van der Waals surface area contributed by atoms with E-state index < -0.39 is 0 Å². The van der Waals surface area contributed by atoms with E-state index in [1.807, 2.05) is 0 Å². The van der Waals surface area contributed by atoms with Gasteiger partial charge >= 0.3 is 0 Å². The molecule has 0 saturated carbocycles. The van der Waals surface area contributed by atoms with Crippen molar-refractivity contribution in [1.82, 2.24) is 0 Å². The molecule has 116 valence electrons. The zero-order valence-corrected chi connectivity index (χ0v) is 27.4. The van der Waals surface area contributed by atoms with Crippen LogP contribution in [0.15, 0.2) is 0 Å². The molecule has 0 rings (SSSR count). The Morgan fingerprint density at radius 2 is 1.00 bits per heavy atom. The molecule has 0 aromatic carbocycles. The zero-order valence-electron chi connectivity index (χ0n) is 10.2. The van der Waals surface area contributed by atoms with Crippen molar-refractivity contribution >= 4 is 181 Å². The van der Waals surface area contributed by atoms with Gasteiger partial charge in [-0.05, 0) is 6.42 Å². The van der Waals surface area contributed by atoms with Crippen molar-refractivity contribution in [2.24, 2.45) is 0 Å². The third-order valence-corrected chi connectivity index (χ3v) is 24.1. The second kappa shape index (κ2) is 14.0. The molecule has 0 aliphatic heterocycles. The first-order valence-corrected chi connectivity index (χ1v) is 16.1. The average Bonchev–Trinajstić information content (AvgIpc) is 2.42. The Morgan fingerprint density at radius 3 is 1.37 bits per heavy atom. The molecule has 0 N–H and O–H groups in total. The van der Waals surface area contributed by atoms with E-state index in [0.717, 1.165) is 27.5 Å². The second-order valence-corrected chi connectivity index (χ2v) is 15.5. The largest absolute Gasteiger partial charge is 0.0852 e. The summed E-state index contributed by atoms with van der Waals surface area (Å²) in [6.07, 6.45) is 2.65. The van der Waals surface area contributed by atoms with E-state index in [9.17, 15) is 0 Å². The Bertz CT molecular complexity index is 239. The molecule has 0 saturated heterocycles. The summed E-state index contributed by atoms with van der Waals surface area (Å²) in [5.74, 6) is 0. The van der Waals surface area contributed by atoms with Gasteiger partial charge in [0.25, 0.3) is 0 Å². The minimum absolute atomic E-state index is 0.747. The summed E-state index contributed by atoms with van der Waals surface area (Å²) in [5, 5.41) is 0. The molecule has 0 radical (unpaired) electrons. The standard InChI is InChI=1S/C11H16I8/c1-2-3-5(13)7(15)9(17)11(19)10(18)8(16)6(14)4-12/h5-11H,2-4H2,1H3/t5-,6?,7?,8?,9?,10?,11?/m0/s1. The number of hydrogen-bond donors (Lipinski definition) is 0. The summed E-state index contributed by atoms with van der Waals surface area (Å²) in [6, 6.07) is 0. The summed E-state index contributed by atoms with van der Waals surface area (Å²) in [6.45, 7) is 2.29. The molecule has 19 heavy (non-hydrogen) atoms. The van der Waals surface area contributed by atoms with Gasteiger partial charge in [-0.2, -0.15) is 0 Å². The second-order valence-electron chi connectivity index (χ2n) is 4.20. The SMILES string of the molecule is CCC[C@H](I)C(I)C(I)C(I)C(I)C(I)C(I)CI. The lowest BCUT2D eigenvalue weighted by molar-refractivity contribution is 0.694. The van der Waals surface area contributed by atoms with Gasteiger partial charge in [0.2, 0.25) is 0 Å². The topological polar surface area (TPSA) is 0 Å². The van der Waals surface area contributed by atoms with Crippen molar-refractivity contribution < 1.29 is 0 Å². The summed E-state index contributed by atoms with van der Waals surface area (Å²) in [7, 11) is 0. The molecule has 7 atom stereocenters. The maximum Gasteiger partial charge on any atom is 0.0366 e. The summed E-state index contributed by atoms with van der Waals surface area (Å²) in [5.41, 5.74) is 0. The Morgan fingerprint density at radius 1 is 0.632 bits per heavy atom. The molecule has 0 bridgehead atoms. The van der Waals surface area contributed by atoms with Crippen LogP contribution in [-0.4, -0.2) is 31.9 Å². The highest BCUT2D eigenvalue weighted by molar-refractivity contribution is 14.1. The Hall–Kier alpha value is 5.84. The third-order valence-electron chi connectivity index (χ3n) is 2.62. The quantitative estimate of drug-likeness (QED) is 0.163. The van der Waals surface area contributed by atoms with E-state index in [4.69, 9.17) is 0 Å². The maximum absolute atomic E-state index is 2.70. The fourth-order valence-electron chi connectivity index (χ4n) is 1.45. The molecule has 8 heteroatoms. The zero-order chi connectivity index (χ0) is 15.2. The van der Waals surface area contributed by atoms with Crippen LogP contribution in [-0.2, 0) is 0 Å². The van der Waals surface area contributed by atoms with Crippen LogP contribution in [0.1, 0.15) is 19.8 Å². The van der Waals surface area contributed by atoms with Gasteiger partial charge in [-0.3, -0.25) is 0 Å². The number of halogens is 8. The lowest BCUT2D eigenvalue weighted by atomic mass is 10.1. The van der Waals surface area contributed by atoms with Gasteiger partial charge in [-0.25, -0.2) is 0 Å². The van der Waals surface area contributed by atoms with Crippen LogP contribution in [0.25, 0.3) is 0 Å². The first kappa shape index (κ1) is 24.8. The highest BCUT2D eigenvalue weighted by Gasteiger charge is 2.36. The highest BCUT2D eigenvalue weighted by Crippen LogP contribution is 2.39. The minimum atomic E-state index is 0.747. The van der Waals surface area contributed by atoms with Crippen molar-refractivity contribution in [3.8, 4) is 0 Å². The van der Waals surface area contributed by atoms with Crippen molar-refractivity contribution in [3.05, 3.63) is 0 Å². The molecule has 0 aromatic heterocycles. The van der Waals surface area contributed by atoms with Crippen LogP contribution in [0.2, 0.25) is 0 Å². The van der Waals surface area contributed by atoms with E-state index in [-0.39, 0.29) is 0 Å². The lowest BCUT2D eigenvalue weighted by Gasteiger charge is -2.32. The molecule has 0 nitrogen and oxygen atoms in total. The van der Waals surface area contributed by atoms with Gasteiger partial charge in [-0.1, -0.05) is 194 Å². The van der Waals surface area contributed by atoms with Gasteiger partial charge in [0, 0.05) is 31.9 Å². The molecule has 0 heterocycles. The van der Waals surface area contributed by atoms with E-state index in [1.165, 1.54) is 17.3 Å². The molecule has 0 spiro atoms. The van der Waals surface area contributed by atoms with E-state index >= 15 is 0 Å². The Labute approximate surface area is 226 Å². The lowest BCUT2D eigenvalue weighted by Crippen LogP contribution is -2.41. The van der Waals surface area contributed by atoms with Gasteiger partial charge < -0.3 is 0 Å². The molecular formula is C11H16I8. The Balaban J connectivity index is 4.57. The van der Waals surface area contributed by atoms with E-state index in [2.05, 4.69) is 188 Å². The molecule has 0 aliphatic carbocycles. The number of rotatable bonds is 9. The summed E-state index contributed by atoms with van der Waals surface area (Å²) < 4.78 is 6.62. The van der Waals surface area contributed by atoms with Crippen LogP contribution in [0.4, 0.5) is 0 Å². The molecule has 0 amide bonds.